The Labute approximate surface area is 136 Å². The number of rotatable bonds is 5. The first kappa shape index (κ1) is 15.6. The van der Waals surface area contributed by atoms with Crippen LogP contribution in [0.25, 0.3) is 0 Å². The summed E-state index contributed by atoms with van der Waals surface area (Å²) in [5, 5.41) is 3.02. The smallest absolute Gasteiger partial charge is 0.227 e. The summed E-state index contributed by atoms with van der Waals surface area (Å²) in [7, 11) is 0. The SMILES string of the molecule is CC(C)Cn1cncc1CNC(=O)[C@H]1COc2ccccc2C1. The van der Waals surface area contributed by atoms with Gasteiger partial charge in [-0.25, -0.2) is 4.98 Å². The highest BCUT2D eigenvalue weighted by atomic mass is 16.5. The van der Waals surface area contributed by atoms with Gasteiger partial charge >= 0.3 is 0 Å². The summed E-state index contributed by atoms with van der Waals surface area (Å²) in [6, 6.07) is 7.91. The highest BCUT2D eigenvalue weighted by Crippen LogP contribution is 2.26. The van der Waals surface area contributed by atoms with Crippen LogP contribution < -0.4 is 10.1 Å². The number of nitrogens with one attached hydrogen (secondary N) is 1. The maximum absolute atomic E-state index is 12.4. The molecule has 1 N–H and O–H groups in total. The van der Waals surface area contributed by atoms with Crippen LogP contribution in [-0.4, -0.2) is 22.1 Å². The molecule has 3 rings (SSSR count). The molecule has 1 atom stereocenters. The topological polar surface area (TPSA) is 56.2 Å². The molecule has 122 valence electrons. The summed E-state index contributed by atoms with van der Waals surface area (Å²) in [6.07, 6.45) is 4.37. The number of amides is 1. The molecule has 0 saturated heterocycles. The number of carbonyl (C=O) groups is 1. The van der Waals surface area contributed by atoms with Crippen LogP contribution in [0.3, 0.4) is 0 Å². The van der Waals surface area contributed by atoms with Crippen molar-refractivity contribution in [3.05, 3.63) is 48.0 Å². The molecular weight excluding hydrogens is 290 g/mol. The van der Waals surface area contributed by atoms with E-state index in [1.54, 1.807) is 0 Å². The molecular formula is C18H23N3O2. The number of ether oxygens (including phenoxy) is 1. The van der Waals surface area contributed by atoms with Gasteiger partial charge in [0, 0.05) is 12.7 Å². The first-order valence-electron chi connectivity index (χ1n) is 8.11. The summed E-state index contributed by atoms with van der Waals surface area (Å²) < 4.78 is 7.79. The summed E-state index contributed by atoms with van der Waals surface area (Å²) >= 11 is 0. The molecule has 1 aromatic heterocycles. The molecule has 0 radical (unpaired) electrons. The molecule has 0 aliphatic carbocycles. The van der Waals surface area contributed by atoms with E-state index in [0.717, 1.165) is 30.0 Å². The van der Waals surface area contributed by atoms with E-state index in [1.165, 1.54) is 0 Å². The molecule has 1 aromatic carbocycles. The average Bonchev–Trinajstić information content (AvgIpc) is 2.98. The van der Waals surface area contributed by atoms with Crippen LogP contribution in [0.4, 0.5) is 0 Å². The van der Waals surface area contributed by atoms with E-state index >= 15 is 0 Å². The number of fused-ring (bicyclic) bond motifs is 1. The van der Waals surface area contributed by atoms with Crippen molar-refractivity contribution < 1.29 is 9.53 Å². The normalized spacial score (nSPS) is 16.7. The fourth-order valence-electron chi connectivity index (χ4n) is 2.87. The number of nitrogens with zero attached hydrogens (tertiary/aromatic N) is 2. The van der Waals surface area contributed by atoms with Gasteiger partial charge in [0.15, 0.2) is 0 Å². The van der Waals surface area contributed by atoms with Crippen molar-refractivity contribution in [3.63, 3.8) is 0 Å². The van der Waals surface area contributed by atoms with Gasteiger partial charge in [-0.1, -0.05) is 32.0 Å². The minimum atomic E-state index is -0.133. The van der Waals surface area contributed by atoms with Crippen LogP contribution in [0.5, 0.6) is 5.75 Å². The molecule has 0 unspecified atom stereocenters. The van der Waals surface area contributed by atoms with E-state index in [9.17, 15) is 4.79 Å². The van der Waals surface area contributed by atoms with E-state index in [0.29, 0.717) is 19.1 Å². The number of aromatic nitrogens is 2. The lowest BCUT2D eigenvalue weighted by atomic mass is 9.96. The van der Waals surface area contributed by atoms with E-state index in [-0.39, 0.29) is 11.8 Å². The Morgan fingerprint density at radius 1 is 1.43 bits per heavy atom. The molecule has 2 heterocycles. The van der Waals surface area contributed by atoms with Crippen LogP contribution in [0.2, 0.25) is 0 Å². The van der Waals surface area contributed by atoms with Gasteiger partial charge in [0.25, 0.3) is 0 Å². The minimum Gasteiger partial charge on any atom is -0.492 e. The van der Waals surface area contributed by atoms with E-state index in [1.807, 2.05) is 36.8 Å². The maximum Gasteiger partial charge on any atom is 0.227 e. The Hall–Kier alpha value is -2.30. The summed E-state index contributed by atoms with van der Waals surface area (Å²) in [5.41, 5.74) is 2.13. The molecule has 1 aliphatic rings. The largest absolute Gasteiger partial charge is 0.492 e. The van der Waals surface area contributed by atoms with E-state index in [4.69, 9.17) is 4.74 Å². The van der Waals surface area contributed by atoms with Crippen molar-refractivity contribution >= 4 is 5.91 Å². The zero-order valence-electron chi connectivity index (χ0n) is 13.7. The van der Waals surface area contributed by atoms with Gasteiger partial charge in [0.2, 0.25) is 5.91 Å². The number of benzene rings is 1. The second-order valence-electron chi connectivity index (χ2n) is 6.47. The van der Waals surface area contributed by atoms with Crippen LogP contribution >= 0.6 is 0 Å². The Kier molecular flexibility index (Phi) is 4.65. The van der Waals surface area contributed by atoms with Crippen LogP contribution in [0.15, 0.2) is 36.8 Å². The van der Waals surface area contributed by atoms with Gasteiger partial charge < -0.3 is 14.6 Å². The highest BCUT2D eigenvalue weighted by molar-refractivity contribution is 5.79. The molecule has 5 nitrogen and oxygen atoms in total. The third-order valence-electron chi connectivity index (χ3n) is 4.05. The van der Waals surface area contributed by atoms with E-state index < -0.39 is 0 Å². The molecule has 0 spiro atoms. The Morgan fingerprint density at radius 2 is 2.26 bits per heavy atom. The van der Waals surface area contributed by atoms with Gasteiger partial charge in [-0.05, 0) is 24.0 Å². The summed E-state index contributed by atoms with van der Waals surface area (Å²) in [6.45, 7) is 6.18. The van der Waals surface area contributed by atoms with Crippen LogP contribution in [0.1, 0.15) is 25.1 Å². The molecule has 0 bridgehead atoms. The highest BCUT2D eigenvalue weighted by Gasteiger charge is 2.25. The van der Waals surface area contributed by atoms with Crippen molar-refractivity contribution in [1.29, 1.82) is 0 Å². The molecule has 1 amide bonds. The number of para-hydroxylation sites is 1. The van der Waals surface area contributed by atoms with Gasteiger partial charge in [0.1, 0.15) is 12.4 Å². The fraction of sp³-hybridized carbons (Fsp3) is 0.444. The van der Waals surface area contributed by atoms with Gasteiger partial charge in [-0.15, -0.1) is 0 Å². The Bertz CT molecular complexity index is 678. The lowest BCUT2D eigenvalue weighted by Gasteiger charge is -2.24. The lowest BCUT2D eigenvalue weighted by Crippen LogP contribution is -2.37. The average molecular weight is 313 g/mol. The van der Waals surface area contributed by atoms with Gasteiger partial charge in [0.05, 0.1) is 24.5 Å². The van der Waals surface area contributed by atoms with Crippen molar-refractivity contribution in [1.82, 2.24) is 14.9 Å². The molecule has 23 heavy (non-hydrogen) atoms. The second-order valence-corrected chi connectivity index (χ2v) is 6.47. The first-order chi connectivity index (χ1) is 11.1. The minimum absolute atomic E-state index is 0.0387. The molecule has 0 saturated carbocycles. The van der Waals surface area contributed by atoms with Crippen molar-refractivity contribution in [2.45, 2.75) is 33.4 Å². The summed E-state index contributed by atoms with van der Waals surface area (Å²) in [4.78, 5) is 16.6. The Balaban J connectivity index is 1.57. The van der Waals surface area contributed by atoms with Crippen molar-refractivity contribution in [2.75, 3.05) is 6.61 Å². The quantitative estimate of drug-likeness (QED) is 0.922. The molecule has 1 aliphatic heterocycles. The number of hydrogen-bond acceptors (Lipinski definition) is 3. The van der Waals surface area contributed by atoms with Gasteiger partial charge in [-0.3, -0.25) is 4.79 Å². The van der Waals surface area contributed by atoms with Crippen LogP contribution in [-0.2, 0) is 24.3 Å². The number of hydrogen-bond donors (Lipinski definition) is 1. The first-order valence-corrected chi connectivity index (χ1v) is 8.11. The molecule has 0 fully saturated rings. The third-order valence-corrected chi connectivity index (χ3v) is 4.05. The fourth-order valence-corrected chi connectivity index (χ4v) is 2.87. The monoisotopic (exact) mass is 313 g/mol. The lowest BCUT2D eigenvalue weighted by molar-refractivity contribution is -0.126. The molecule has 5 heteroatoms. The van der Waals surface area contributed by atoms with Crippen molar-refractivity contribution in [2.24, 2.45) is 11.8 Å². The van der Waals surface area contributed by atoms with Gasteiger partial charge in [-0.2, -0.15) is 0 Å². The maximum atomic E-state index is 12.4. The third kappa shape index (κ3) is 3.73. The Morgan fingerprint density at radius 3 is 3.09 bits per heavy atom. The van der Waals surface area contributed by atoms with Crippen LogP contribution in [0, 0.1) is 11.8 Å². The van der Waals surface area contributed by atoms with E-state index in [2.05, 4.69) is 28.7 Å². The predicted octanol–water partition coefficient (Wildman–Crippen LogP) is 2.41. The molecule has 2 aromatic rings. The zero-order valence-corrected chi connectivity index (χ0v) is 13.7. The summed E-state index contributed by atoms with van der Waals surface area (Å²) in [5.74, 6) is 1.34. The second kappa shape index (κ2) is 6.86. The van der Waals surface area contributed by atoms with Crippen molar-refractivity contribution in [3.8, 4) is 5.75 Å². The zero-order chi connectivity index (χ0) is 16.2. The number of imidazole rings is 1. The standard InChI is InChI=1S/C18H23N3O2/c1-13(2)10-21-12-19-8-16(21)9-20-18(22)15-7-14-5-3-4-6-17(14)23-11-15/h3-6,8,12-13,15H,7,9-11H2,1-2H3,(H,20,22)/t15-/m1/s1. The number of carbonyl (C=O) groups excluding carboxylic acids is 1. The predicted molar refractivity (Wildman–Crippen MR) is 88.0 cm³/mol.